The van der Waals surface area contributed by atoms with E-state index in [4.69, 9.17) is 11.0 Å². The molecule has 0 atom stereocenters. The number of nitrogens with zero attached hydrogens (tertiary/aromatic N) is 2. The van der Waals surface area contributed by atoms with Gasteiger partial charge in [0.05, 0.1) is 0 Å². The van der Waals surface area contributed by atoms with Crippen LogP contribution in [-0.2, 0) is 0 Å². The van der Waals surface area contributed by atoms with Gasteiger partial charge in [-0.2, -0.15) is 0 Å². The zero-order chi connectivity index (χ0) is 15.1. The van der Waals surface area contributed by atoms with E-state index in [1.54, 1.807) is 0 Å². The van der Waals surface area contributed by atoms with E-state index < -0.39 is 20.3 Å². The first-order valence-electron chi connectivity index (χ1n) is 6.79. The van der Waals surface area contributed by atoms with Gasteiger partial charge < -0.3 is 4.90 Å². The second-order valence-corrected chi connectivity index (χ2v) is 2.60. The summed E-state index contributed by atoms with van der Waals surface area (Å²) < 4.78 is 59.2. The van der Waals surface area contributed by atoms with Crippen LogP contribution in [0.3, 0.4) is 0 Å². The van der Waals surface area contributed by atoms with Crippen molar-refractivity contribution in [3.05, 3.63) is 22.9 Å². The average Bonchev–Trinajstić information content (AvgIpc) is 2.12. The number of hydrogen-bond acceptors (Lipinski definition) is 2. The summed E-state index contributed by atoms with van der Waals surface area (Å²) in [6.07, 6.45) is 1.26. The number of pyridine rings is 1. The summed E-state index contributed by atoms with van der Waals surface area (Å²) in [5.74, 6) is 0. The Balaban J connectivity index is 3.41. The lowest BCUT2D eigenvalue weighted by atomic mass is 10.4. The number of hydrogen-bond donors (Lipinski definition) is 0. The standard InChI is InChI=1S/C8H11BrN2/c1-3-11(2)7-4-5-10-8(9)6-7/h4-6H,3H2,1-2H3/i1D3,2D3,3D2. The van der Waals surface area contributed by atoms with E-state index in [2.05, 4.69) is 20.9 Å². The first-order valence-corrected chi connectivity index (χ1v) is 3.58. The molecule has 0 fully saturated rings. The van der Waals surface area contributed by atoms with Gasteiger partial charge in [-0.15, -0.1) is 0 Å². The van der Waals surface area contributed by atoms with E-state index in [1.165, 1.54) is 18.3 Å². The average molecular weight is 223 g/mol. The molecule has 3 heteroatoms. The van der Waals surface area contributed by atoms with Crippen molar-refractivity contribution in [2.75, 3.05) is 18.4 Å². The molecule has 1 aromatic heterocycles. The highest BCUT2D eigenvalue weighted by Gasteiger charge is 1.97. The van der Waals surface area contributed by atoms with Crippen LogP contribution in [0, 0.1) is 0 Å². The van der Waals surface area contributed by atoms with Crippen molar-refractivity contribution < 1.29 is 11.0 Å². The van der Waals surface area contributed by atoms with Crippen LogP contribution >= 0.6 is 15.9 Å². The normalized spacial score (nSPS) is 24.1. The summed E-state index contributed by atoms with van der Waals surface area (Å²) >= 11 is 3.03. The van der Waals surface area contributed by atoms with Gasteiger partial charge in [-0.1, -0.05) is 0 Å². The predicted octanol–water partition coefficient (Wildman–Crippen LogP) is 2.30. The molecule has 0 aliphatic carbocycles. The molecule has 0 aliphatic rings. The highest BCUT2D eigenvalue weighted by molar-refractivity contribution is 9.10. The lowest BCUT2D eigenvalue weighted by Crippen LogP contribution is -2.15. The van der Waals surface area contributed by atoms with Gasteiger partial charge in [-0.3, -0.25) is 0 Å². The first kappa shape index (κ1) is 2.73. The molecule has 11 heavy (non-hydrogen) atoms. The molecule has 2 nitrogen and oxygen atoms in total. The molecule has 0 bridgehead atoms. The molecular formula is C8H11BrN2. The minimum absolute atomic E-state index is 0.0944. The third-order valence-electron chi connectivity index (χ3n) is 1.08. The summed E-state index contributed by atoms with van der Waals surface area (Å²) in [5, 5.41) is 0. The van der Waals surface area contributed by atoms with Crippen LogP contribution in [0.25, 0.3) is 0 Å². The molecule has 1 rings (SSSR count). The highest BCUT2D eigenvalue weighted by atomic mass is 79.9. The highest BCUT2D eigenvalue weighted by Crippen LogP contribution is 2.15. The number of aromatic nitrogens is 1. The fraction of sp³-hybridized carbons (Fsp3) is 0.375. The van der Waals surface area contributed by atoms with Crippen LogP contribution in [-0.4, -0.2) is 18.5 Å². The van der Waals surface area contributed by atoms with Crippen LogP contribution in [0.1, 0.15) is 17.8 Å². The van der Waals surface area contributed by atoms with Gasteiger partial charge in [0.15, 0.2) is 0 Å². The minimum Gasteiger partial charge on any atom is -0.375 e. The van der Waals surface area contributed by atoms with Crippen LogP contribution < -0.4 is 4.90 Å². The largest absolute Gasteiger partial charge is 0.375 e. The van der Waals surface area contributed by atoms with E-state index in [0.717, 1.165) is 0 Å². The monoisotopic (exact) mass is 222 g/mol. The Morgan fingerprint density at radius 1 is 1.91 bits per heavy atom. The minimum atomic E-state index is -3.11. The molecule has 0 N–H and O–H groups in total. The molecule has 0 unspecified atom stereocenters. The maximum atomic E-state index is 7.63. The Bertz CT molecular complexity index is 455. The Hall–Kier alpha value is -0.570. The Morgan fingerprint density at radius 3 is 3.45 bits per heavy atom. The third kappa shape index (κ3) is 2.19. The zero-order valence-electron chi connectivity index (χ0n) is 13.5. The summed E-state index contributed by atoms with van der Waals surface area (Å²) in [4.78, 5) is 4.06. The van der Waals surface area contributed by atoms with Crippen molar-refractivity contribution in [3.63, 3.8) is 0 Å². The van der Waals surface area contributed by atoms with E-state index in [0.29, 0.717) is 0 Å². The van der Waals surface area contributed by atoms with Crippen molar-refractivity contribution in [1.29, 1.82) is 0 Å². The molecule has 0 aromatic carbocycles. The van der Waals surface area contributed by atoms with Gasteiger partial charge in [0.2, 0.25) is 0 Å². The Morgan fingerprint density at radius 2 is 2.82 bits per heavy atom. The van der Waals surface area contributed by atoms with Gasteiger partial charge >= 0.3 is 0 Å². The fourth-order valence-corrected chi connectivity index (χ4v) is 0.949. The number of anilines is 1. The molecule has 0 saturated heterocycles. The Labute approximate surface area is 86.6 Å². The fourth-order valence-electron chi connectivity index (χ4n) is 0.596. The molecule has 60 valence electrons. The van der Waals surface area contributed by atoms with Crippen molar-refractivity contribution in [2.24, 2.45) is 0 Å². The maximum Gasteiger partial charge on any atom is 0.108 e. The second-order valence-electron chi connectivity index (χ2n) is 1.78. The summed E-state index contributed by atoms with van der Waals surface area (Å²) in [6, 6.07) is 2.48. The van der Waals surface area contributed by atoms with Gasteiger partial charge in [-0.05, 0) is 34.9 Å². The molecule has 0 amide bonds. The molecule has 1 heterocycles. The second kappa shape index (κ2) is 3.72. The van der Waals surface area contributed by atoms with Crippen LogP contribution in [0.5, 0.6) is 0 Å². The van der Waals surface area contributed by atoms with E-state index in [9.17, 15) is 0 Å². The van der Waals surface area contributed by atoms with E-state index >= 15 is 0 Å². The third-order valence-corrected chi connectivity index (χ3v) is 1.51. The molecule has 0 saturated carbocycles. The van der Waals surface area contributed by atoms with Gasteiger partial charge in [-0.25, -0.2) is 4.98 Å². The van der Waals surface area contributed by atoms with Crippen LogP contribution in [0.4, 0.5) is 5.69 Å². The zero-order valence-corrected chi connectivity index (χ0v) is 7.09. The summed E-state index contributed by atoms with van der Waals surface area (Å²) in [5.41, 5.74) is -0.0944. The molecule has 0 spiro atoms. The summed E-state index contributed by atoms with van der Waals surface area (Å²) in [6.45, 7) is -9.10. The van der Waals surface area contributed by atoms with Crippen molar-refractivity contribution in [3.8, 4) is 0 Å². The first-order chi connectivity index (χ1) is 8.37. The molecule has 0 aliphatic heterocycles. The summed E-state index contributed by atoms with van der Waals surface area (Å²) in [7, 11) is 0. The SMILES string of the molecule is [2H]C([2H])([2H])N(c1ccnc(Br)c1)C([2H])([2H])C([2H])([2H])[2H]. The number of halogens is 1. The Kier molecular flexibility index (Phi) is 0.922. The van der Waals surface area contributed by atoms with Crippen molar-refractivity contribution in [1.82, 2.24) is 4.98 Å². The van der Waals surface area contributed by atoms with E-state index in [1.807, 2.05) is 0 Å². The smallest absolute Gasteiger partial charge is 0.108 e. The predicted molar refractivity (Wildman–Crippen MR) is 50.9 cm³/mol. The molecular weight excluding hydrogens is 204 g/mol. The lowest BCUT2D eigenvalue weighted by molar-refractivity contribution is 0.963. The van der Waals surface area contributed by atoms with Gasteiger partial charge in [0.1, 0.15) is 4.60 Å². The number of rotatable bonds is 2. The maximum absolute atomic E-state index is 7.63. The quantitative estimate of drug-likeness (QED) is 0.715. The van der Waals surface area contributed by atoms with E-state index in [-0.39, 0.29) is 15.2 Å². The van der Waals surface area contributed by atoms with Gasteiger partial charge in [0, 0.05) is 36.3 Å². The van der Waals surface area contributed by atoms with Gasteiger partial charge in [0.25, 0.3) is 0 Å². The molecule has 1 aromatic rings. The molecule has 0 radical (unpaired) electrons. The topological polar surface area (TPSA) is 16.1 Å². The van der Waals surface area contributed by atoms with Crippen LogP contribution in [0.2, 0.25) is 0 Å². The lowest BCUT2D eigenvalue weighted by Gasteiger charge is -2.15. The van der Waals surface area contributed by atoms with Crippen molar-refractivity contribution >= 4 is 21.6 Å². The van der Waals surface area contributed by atoms with Crippen LogP contribution in [0.15, 0.2) is 22.9 Å². The van der Waals surface area contributed by atoms with Crippen molar-refractivity contribution in [2.45, 2.75) is 6.85 Å².